The van der Waals surface area contributed by atoms with Crippen LogP contribution in [0.3, 0.4) is 0 Å². The fraction of sp³-hybridized carbons (Fsp3) is 0.552. The molecular weight excluding hydrogens is 453 g/mol. The van der Waals surface area contributed by atoms with Crippen LogP contribution in [0.2, 0.25) is 0 Å². The van der Waals surface area contributed by atoms with Crippen molar-refractivity contribution in [1.29, 1.82) is 0 Å². The molecule has 194 valence electrons. The first-order chi connectivity index (χ1) is 16.7. The van der Waals surface area contributed by atoms with Crippen molar-refractivity contribution in [2.45, 2.75) is 96.2 Å². The number of rotatable bonds is 6. The fourth-order valence-corrected chi connectivity index (χ4v) is 5.22. The highest BCUT2D eigenvalue weighted by atomic mass is 16.7. The maximum absolute atomic E-state index is 13.5. The summed E-state index contributed by atoms with van der Waals surface area (Å²) in [4.78, 5) is 15.3. The van der Waals surface area contributed by atoms with Gasteiger partial charge in [0.15, 0.2) is 0 Å². The van der Waals surface area contributed by atoms with Gasteiger partial charge in [0.25, 0.3) is 0 Å². The Balaban J connectivity index is 1.53. The number of nitrogens with zero attached hydrogens (tertiary/aromatic N) is 1. The van der Waals surface area contributed by atoms with Gasteiger partial charge >= 0.3 is 13.2 Å². The van der Waals surface area contributed by atoms with Crippen LogP contribution >= 0.6 is 0 Å². The van der Waals surface area contributed by atoms with Gasteiger partial charge in [0.2, 0.25) is 0 Å². The largest absolute Gasteiger partial charge is 0.494 e. The monoisotopic (exact) mass is 493 g/mol. The lowest BCUT2D eigenvalue weighted by molar-refractivity contribution is -0.0663. The van der Waals surface area contributed by atoms with E-state index < -0.39 is 29.5 Å². The van der Waals surface area contributed by atoms with Crippen LogP contribution in [0.25, 0.3) is 0 Å². The summed E-state index contributed by atoms with van der Waals surface area (Å²) in [5, 5.41) is 10.7. The molecule has 2 atom stereocenters. The number of amides is 1. The van der Waals surface area contributed by atoms with Crippen molar-refractivity contribution in [3.8, 4) is 0 Å². The van der Waals surface area contributed by atoms with Crippen molar-refractivity contribution in [3.05, 3.63) is 65.7 Å². The smallest absolute Gasteiger partial charge is 0.438 e. The number of ether oxygens (including phenoxy) is 1. The first-order valence-corrected chi connectivity index (χ1v) is 13.0. The highest BCUT2D eigenvalue weighted by molar-refractivity contribution is 6.62. The van der Waals surface area contributed by atoms with Crippen molar-refractivity contribution in [3.63, 3.8) is 0 Å². The molecule has 6 nitrogen and oxygen atoms in total. The number of cyclic esters (lactones) is 1. The van der Waals surface area contributed by atoms with E-state index in [1.165, 1.54) is 0 Å². The lowest BCUT2D eigenvalue weighted by Crippen LogP contribution is -2.41. The molecule has 0 unspecified atom stereocenters. The summed E-state index contributed by atoms with van der Waals surface area (Å²) in [6.07, 6.45) is 1.40. The van der Waals surface area contributed by atoms with Gasteiger partial charge in [-0.15, -0.1) is 0 Å². The molecule has 0 aromatic heterocycles. The van der Waals surface area contributed by atoms with E-state index in [1.807, 2.05) is 89.2 Å². The molecule has 0 saturated carbocycles. The Kier molecular flexibility index (Phi) is 7.06. The van der Waals surface area contributed by atoms with Crippen LogP contribution in [-0.4, -0.2) is 46.6 Å². The second-order valence-electron chi connectivity index (χ2n) is 11.9. The first-order valence-electron chi connectivity index (χ1n) is 13.0. The van der Waals surface area contributed by atoms with E-state index in [0.717, 1.165) is 23.0 Å². The number of hydrogen-bond donors (Lipinski definition) is 1. The van der Waals surface area contributed by atoms with Crippen molar-refractivity contribution in [2.75, 3.05) is 6.54 Å². The van der Waals surface area contributed by atoms with E-state index in [0.29, 0.717) is 19.4 Å². The van der Waals surface area contributed by atoms with Gasteiger partial charge in [-0.25, -0.2) is 4.79 Å². The number of carbonyl (C=O) groups is 1. The third-order valence-corrected chi connectivity index (χ3v) is 7.93. The van der Waals surface area contributed by atoms with E-state index in [4.69, 9.17) is 14.0 Å². The SMILES string of the molecule is C[C@@H](c1ccc(B2OC(C)(C)C(C)(C)O2)cc1)N1CCC[C@](CC(C)(C)O)(c2ccccc2)OC1=O. The van der Waals surface area contributed by atoms with Crippen molar-refractivity contribution < 1.29 is 23.9 Å². The van der Waals surface area contributed by atoms with E-state index in [-0.39, 0.29) is 12.1 Å². The summed E-state index contributed by atoms with van der Waals surface area (Å²) in [5.74, 6) is 0. The van der Waals surface area contributed by atoms with Gasteiger partial charge in [0.05, 0.1) is 22.8 Å². The molecule has 36 heavy (non-hydrogen) atoms. The minimum atomic E-state index is -0.986. The molecule has 2 aliphatic heterocycles. The molecule has 1 amide bonds. The summed E-state index contributed by atoms with van der Waals surface area (Å²) in [5.41, 5.74) is 0.244. The first kappa shape index (κ1) is 26.7. The van der Waals surface area contributed by atoms with Gasteiger partial charge in [-0.2, -0.15) is 0 Å². The molecule has 0 spiro atoms. The topological polar surface area (TPSA) is 68.2 Å². The Labute approximate surface area is 216 Å². The molecule has 0 bridgehead atoms. The Hall–Kier alpha value is -2.35. The zero-order valence-electron chi connectivity index (χ0n) is 22.7. The maximum atomic E-state index is 13.5. The molecule has 1 N–H and O–H groups in total. The van der Waals surface area contributed by atoms with Gasteiger partial charge in [0.1, 0.15) is 5.60 Å². The normalized spacial score (nSPS) is 24.8. The van der Waals surface area contributed by atoms with E-state index in [2.05, 4.69) is 0 Å². The molecule has 2 heterocycles. The van der Waals surface area contributed by atoms with Crippen molar-refractivity contribution >= 4 is 18.7 Å². The number of carbonyl (C=O) groups excluding carboxylic acids is 1. The van der Waals surface area contributed by atoms with Crippen LogP contribution in [0, 0.1) is 0 Å². The third kappa shape index (κ3) is 5.34. The Morgan fingerprint density at radius 2 is 1.58 bits per heavy atom. The lowest BCUT2D eigenvalue weighted by Gasteiger charge is -2.37. The third-order valence-electron chi connectivity index (χ3n) is 7.93. The average molecular weight is 493 g/mol. The summed E-state index contributed by atoms with van der Waals surface area (Å²) in [6, 6.07) is 17.7. The van der Waals surface area contributed by atoms with Gasteiger partial charge in [-0.3, -0.25) is 0 Å². The summed E-state index contributed by atoms with van der Waals surface area (Å²) in [6.45, 7) is 14.3. The molecule has 2 saturated heterocycles. The molecule has 0 aliphatic carbocycles. The van der Waals surface area contributed by atoms with E-state index >= 15 is 0 Å². The molecular formula is C29H40BNO5. The fourth-order valence-electron chi connectivity index (χ4n) is 5.22. The standard InChI is InChI=1S/C29H40BNO5/c1-21(22-14-16-24(17-15-22)30-35-27(4,5)28(6,7)36-30)31-19-11-18-29(34-25(31)32,20-26(2,3)33)23-12-9-8-10-13-23/h8-10,12-17,21,33H,11,18-20H2,1-7H3/t21-,29-/m0/s1. The van der Waals surface area contributed by atoms with Crippen LogP contribution < -0.4 is 5.46 Å². The van der Waals surface area contributed by atoms with Crippen LogP contribution in [0.1, 0.15) is 84.9 Å². The highest BCUT2D eigenvalue weighted by Crippen LogP contribution is 2.42. The zero-order chi connectivity index (χ0) is 26.4. The maximum Gasteiger partial charge on any atom is 0.494 e. The van der Waals surface area contributed by atoms with E-state index in [9.17, 15) is 9.90 Å². The van der Waals surface area contributed by atoms with Crippen LogP contribution in [0.15, 0.2) is 54.6 Å². The summed E-state index contributed by atoms with van der Waals surface area (Å²) in [7, 11) is -0.421. The second-order valence-corrected chi connectivity index (χ2v) is 11.9. The van der Waals surface area contributed by atoms with E-state index in [1.54, 1.807) is 18.7 Å². The zero-order valence-corrected chi connectivity index (χ0v) is 22.7. The minimum Gasteiger partial charge on any atom is -0.438 e. The van der Waals surface area contributed by atoms with Crippen molar-refractivity contribution in [1.82, 2.24) is 4.90 Å². The quantitative estimate of drug-likeness (QED) is 0.551. The molecule has 2 aromatic carbocycles. The Morgan fingerprint density at radius 3 is 2.14 bits per heavy atom. The number of aliphatic hydroxyl groups is 1. The lowest BCUT2D eigenvalue weighted by atomic mass is 9.78. The molecule has 2 aromatic rings. The summed E-state index contributed by atoms with van der Waals surface area (Å²) >= 11 is 0. The van der Waals surface area contributed by atoms with Gasteiger partial charge < -0.3 is 24.1 Å². The Bertz CT molecular complexity index is 1050. The molecule has 7 heteroatoms. The van der Waals surface area contributed by atoms with Gasteiger partial charge in [-0.1, -0.05) is 54.6 Å². The highest BCUT2D eigenvalue weighted by Gasteiger charge is 2.51. The molecule has 2 fully saturated rings. The predicted octanol–water partition coefficient (Wildman–Crippen LogP) is 5.34. The number of benzene rings is 2. The second kappa shape index (κ2) is 9.51. The van der Waals surface area contributed by atoms with Crippen molar-refractivity contribution in [2.24, 2.45) is 0 Å². The average Bonchev–Trinajstić information content (AvgIpc) is 2.91. The summed E-state index contributed by atoms with van der Waals surface area (Å²) < 4.78 is 18.6. The van der Waals surface area contributed by atoms with Crippen LogP contribution in [-0.2, 0) is 19.6 Å². The van der Waals surface area contributed by atoms with Crippen LogP contribution in [0.4, 0.5) is 4.79 Å². The molecule has 2 aliphatic rings. The molecule has 0 radical (unpaired) electrons. The van der Waals surface area contributed by atoms with Gasteiger partial charge in [0, 0.05) is 13.0 Å². The Morgan fingerprint density at radius 1 is 1.00 bits per heavy atom. The predicted molar refractivity (Wildman–Crippen MR) is 142 cm³/mol. The minimum absolute atomic E-state index is 0.168. The molecule has 4 rings (SSSR count). The number of hydrogen-bond acceptors (Lipinski definition) is 5. The van der Waals surface area contributed by atoms with Gasteiger partial charge in [-0.05, 0) is 77.9 Å². The van der Waals surface area contributed by atoms with Crippen LogP contribution in [0.5, 0.6) is 0 Å².